The largest absolute Gasteiger partial charge is 0.375 e. The van der Waals surface area contributed by atoms with Crippen molar-refractivity contribution in [1.82, 2.24) is 0 Å². The van der Waals surface area contributed by atoms with E-state index in [4.69, 9.17) is 9.47 Å². The van der Waals surface area contributed by atoms with E-state index in [1.807, 2.05) is 0 Å². The van der Waals surface area contributed by atoms with Gasteiger partial charge in [-0.05, 0) is 12.8 Å². The molecule has 2 fully saturated rings. The van der Waals surface area contributed by atoms with Crippen LogP contribution < -0.4 is 0 Å². The highest BCUT2D eigenvalue weighted by Gasteiger charge is 2.33. The molecule has 2 heteroatoms. The van der Waals surface area contributed by atoms with Crippen LogP contribution in [0.1, 0.15) is 12.8 Å². The van der Waals surface area contributed by atoms with Gasteiger partial charge in [0.2, 0.25) is 0 Å². The Balaban J connectivity index is 0.000000231. The van der Waals surface area contributed by atoms with Crippen LogP contribution in [0, 0.1) is 12.8 Å². The van der Waals surface area contributed by atoms with Gasteiger partial charge in [-0.1, -0.05) is 0 Å². The second-order valence-electron chi connectivity index (χ2n) is 2.40. The normalized spacial score (nSPS) is 36.2. The molecule has 2 heterocycles. The number of fused-ring (bicyclic) bond motifs is 1. The van der Waals surface area contributed by atoms with Gasteiger partial charge in [-0.2, -0.15) is 0 Å². The molecule has 2 aliphatic heterocycles. The lowest BCUT2D eigenvalue weighted by molar-refractivity contribution is 0.0732. The zero-order valence-corrected chi connectivity index (χ0v) is 5.95. The monoisotopic (exact) mass is 140 g/mol. The molecule has 10 heavy (non-hydrogen) atoms. The fourth-order valence-electron chi connectivity index (χ4n) is 1.42. The molecule has 0 aromatic heterocycles. The summed E-state index contributed by atoms with van der Waals surface area (Å²) in [5.41, 5.74) is 0. The van der Waals surface area contributed by atoms with Gasteiger partial charge >= 0.3 is 0 Å². The zero-order valence-electron chi connectivity index (χ0n) is 5.95. The predicted molar refractivity (Wildman–Crippen MR) is 38.6 cm³/mol. The van der Waals surface area contributed by atoms with Gasteiger partial charge in [0.1, 0.15) is 0 Å². The third kappa shape index (κ3) is 1.31. The number of hydrogen-bond donors (Lipinski definition) is 0. The van der Waals surface area contributed by atoms with E-state index in [0.29, 0.717) is 12.2 Å². The lowest BCUT2D eigenvalue weighted by Crippen LogP contribution is -2.13. The first-order valence-corrected chi connectivity index (χ1v) is 3.53. The molecule has 0 spiro atoms. The Morgan fingerprint density at radius 1 is 0.900 bits per heavy atom. The van der Waals surface area contributed by atoms with E-state index >= 15 is 0 Å². The van der Waals surface area contributed by atoms with Crippen LogP contribution in [-0.4, -0.2) is 25.4 Å². The fourth-order valence-corrected chi connectivity index (χ4v) is 1.42. The molecule has 0 saturated carbocycles. The first kappa shape index (κ1) is 7.59. The third-order valence-electron chi connectivity index (χ3n) is 1.88. The SMILES string of the molecule is C#C.C1C[C@H]2OCC[C@H]2O1. The van der Waals surface area contributed by atoms with Gasteiger partial charge in [0, 0.05) is 13.2 Å². The number of ether oxygens (including phenoxy) is 2. The summed E-state index contributed by atoms with van der Waals surface area (Å²) in [7, 11) is 0. The predicted octanol–water partition coefficient (Wildman–Crippen LogP) is 0.814. The minimum absolute atomic E-state index is 0.454. The molecule has 0 aliphatic carbocycles. The van der Waals surface area contributed by atoms with Gasteiger partial charge in [-0.25, -0.2) is 0 Å². The molecule has 0 amide bonds. The van der Waals surface area contributed by atoms with Crippen molar-refractivity contribution in [3.63, 3.8) is 0 Å². The van der Waals surface area contributed by atoms with E-state index in [9.17, 15) is 0 Å². The molecule has 56 valence electrons. The van der Waals surface area contributed by atoms with Crippen LogP contribution in [0.15, 0.2) is 0 Å². The number of terminal acetylenes is 1. The Hall–Kier alpha value is -0.520. The Morgan fingerprint density at radius 3 is 1.70 bits per heavy atom. The molecule has 0 aromatic rings. The van der Waals surface area contributed by atoms with E-state index in [2.05, 4.69) is 12.8 Å². The Bertz CT molecular complexity index is 99.7. The molecule has 0 radical (unpaired) electrons. The second kappa shape index (κ2) is 3.60. The summed E-state index contributed by atoms with van der Waals surface area (Å²) in [4.78, 5) is 0. The first-order valence-electron chi connectivity index (χ1n) is 3.53. The molecule has 2 atom stereocenters. The molecular weight excluding hydrogens is 128 g/mol. The van der Waals surface area contributed by atoms with Crippen LogP contribution in [0.2, 0.25) is 0 Å². The molecule has 2 aliphatic rings. The topological polar surface area (TPSA) is 18.5 Å². The van der Waals surface area contributed by atoms with Crippen LogP contribution >= 0.6 is 0 Å². The summed E-state index contributed by atoms with van der Waals surface area (Å²) in [5.74, 6) is 0. The van der Waals surface area contributed by atoms with Gasteiger partial charge in [0.15, 0.2) is 0 Å². The van der Waals surface area contributed by atoms with Crippen LogP contribution in [-0.2, 0) is 9.47 Å². The number of hydrogen-bond acceptors (Lipinski definition) is 2. The molecule has 0 unspecified atom stereocenters. The van der Waals surface area contributed by atoms with Gasteiger partial charge in [-0.3, -0.25) is 0 Å². The van der Waals surface area contributed by atoms with E-state index in [-0.39, 0.29) is 0 Å². The maximum atomic E-state index is 5.35. The molecule has 0 bridgehead atoms. The van der Waals surface area contributed by atoms with Crippen LogP contribution in [0.3, 0.4) is 0 Å². The summed E-state index contributed by atoms with van der Waals surface area (Å²) >= 11 is 0. The van der Waals surface area contributed by atoms with E-state index in [0.717, 1.165) is 26.1 Å². The quantitative estimate of drug-likeness (QED) is 0.464. The third-order valence-corrected chi connectivity index (χ3v) is 1.88. The smallest absolute Gasteiger partial charge is 0.0859 e. The van der Waals surface area contributed by atoms with Crippen molar-refractivity contribution in [1.29, 1.82) is 0 Å². The molecular formula is C8H12O2. The summed E-state index contributed by atoms with van der Waals surface area (Å²) in [6.45, 7) is 1.82. The Labute approximate surface area is 61.5 Å². The second-order valence-corrected chi connectivity index (χ2v) is 2.40. The summed E-state index contributed by atoms with van der Waals surface area (Å²) in [6.07, 6.45) is 11.1. The van der Waals surface area contributed by atoms with Crippen molar-refractivity contribution in [3.05, 3.63) is 0 Å². The van der Waals surface area contributed by atoms with Gasteiger partial charge in [0.05, 0.1) is 12.2 Å². The van der Waals surface area contributed by atoms with Gasteiger partial charge < -0.3 is 9.47 Å². The highest BCUT2D eigenvalue weighted by Crippen LogP contribution is 2.25. The van der Waals surface area contributed by atoms with Gasteiger partial charge in [0.25, 0.3) is 0 Å². The average molecular weight is 140 g/mol. The van der Waals surface area contributed by atoms with E-state index in [1.165, 1.54) is 0 Å². The van der Waals surface area contributed by atoms with Crippen LogP contribution in [0.5, 0.6) is 0 Å². The van der Waals surface area contributed by atoms with E-state index < -0.39 is 0 Å². The summed E-state index contributed by atoms with van der Waals surface area (Å²) < 4.78 is 10.7. The minimum atomic E-state index is 0.454. The van der Waals surface area contributed by atoms with Crippen molar-refractivity contribution in [2.45, 2.75) is 25.0 Å². The van der Waals surface area contributed by atoms with Crippen molar-refractivity contribution in [2.24, 2.45) is 0 Å². The van der Waals surface area contributed by atoms with Crippen molar-refractivity contribution in [2.75, 3.05) is 13.2 Å². The van der Waals surface area contributed by atoms with Crippen molar-refractivity contribution >= 4 is 0 Å². The minimum Gasteiger partial charge on any atom is -0.375 e. The zero-order chi connectivity index (χ0) is 7.40. The highest BCUT2D eigenvalue weighted by atomic mass is 16.6. The lowest BCUT2D eigenvalue weighted by Gasteiger charge is -2.03. The molecule has 0 N–H and O–H groups in total. The molecule has 0 aromatic carbocycles. The maximum absolute atomic E-state index is 5.35. The molecule has 2 saturated heterocycles. The number of rotatable bonds is 0. The van der Waals surface area contributed by atoms with Gasteiger partial charge in [-0.15, -0.1) is 12.8 Å². The van der Waals surface area contributed by atoms with Crippen LogP contribution in [0.25, 0.3) is 0 Å². The molecule has 2 nitrogen and oxygen atoms in total. The summed E-state index contributed by atoms with van der Waals surface area (Å²) in [5, 5.41) is 0. The Morgan fingerprint density at radius 2 is 1.30 bits per heavy atom. The molecule has 2 rings (SSSR count). The van der Waals surface area contributed by atoms with Crippen LogP contribution in [0.4, 0.5) is 0 Å². The fraction of sp³-hybridized carbons (Fsp3) is 0.750. The first-order chi connectivity index (χ1) is 4.97. The lowest BCUT2D eigenvalue weighted by atomic mass is 10.2. The Kier molecular flexibility index (Phi) is 2.73. The van der Waals surface area contributed by atoms with E-state index in [1.54, 1.807) is 0 Å². The average Bonchev–Trinajstić information content (AvgIpc) is 2.49. The maximum Gasteiger partial charge on any atom is 0.0859 e. The highest BCUT2D eigenvalue weighted by molar-refractivity contribution is 4.81. The van der Waals surface area contributed by atoms with Crippen molar-refractivity contribution in [3.8, 4) is 12.8 Å². The van der Waals surface area contributed by atoms with Crippen molar-refractivity contribution < 1.29 is 9.47 Å². The summed E-state index contributed by atoms with van der Waals surface area (Å²) in [6, 6.07) is 0. The standard InChI is InChI=1S/C6H10O2.C2H2/c1-3-7-6-2-4-8-5(1)6;1-2/h5-6H,1-4H2;1-2H/t5-,6-;/m1./s1.